The maximum absolute atomic E-state index is 12.8. The van der Waals surface area contributed by atoms with Crippen LogP contribution in [0.4, 0.5) is 0 Å². The van der Waals surface area contributed by atoms with Crippen LogP contribution in [0.3, 0.4) is 0 Å². The summed E-state index contributed by atoms with van der Waals surface area (Å²) in [6, 6.07) is 18.7. The minimum absolute atomic E-state index is 0.0105. The summed E-state index contributed by atoms with van der Waals surface area (Å²) in [5, 5.41) is 3.20. The molecule has 29 heavy (non-hydrogen) atoms. The highest BCUT2D eigenvalue weighted by Gasteiger charge is 2.34. The summed E-state index contributed by atoms with van der Waals surface area (Å²) >= 11 is 0. The van der Waals surface area contributed by atoms with Gasteiger partial charge in [-0.3, -0.25) is 9.69 Å². The molecule has 2 fully saturated rings. The third-order valence-electron chi connectivity index (χ3n) is 6.49. The Kier molecular flexibility index (Phi) is 6.63. The van der Waals surface area contributed by atoms with Gasteiger partial charge in [0.05, 0.1) is 0 Å². The molecule has 0 atom stereocenters. The standard InChI is InChI=1S/C25H32N2O2/c28-24(22-11-9-21(10-12-22)19-27-15-5-2-6-16-27)26-20-25(13-17-29-18-14-25)23-7-3-1-4-8-23/h1,3-4,7-12H,2,5-6,13-20H2,(H,26,28). The van der Waals surface area contributed by atoms with E-state index in [9.17, 15) is 4.79 Å². The van der Waals surface area contributed by atoms with Crippen LogP contribution in [-0.2, 0) is 16.7 Å². The van der Waals surface area contributed by atoms with Crippen LogP contribution < -0.4 is 5.32 Å². The zero-order chi connectivity index (χ0) is 19.9. The molecule has 0 radical (unpaired) electrons. The van der Waals surface area contributed by atoms with Gasteiger partial charge in [0.2, 0.25) is 0 Å². The molecule has 0 aromatic heterocycles. The molecular weight excluding hydrogens is 360 g/mol. The third-order valence-corrected chi connectivity index (χ3v) is 6.49. The van der Waals surface area contributed by atoms with Crippen molar-refractivity contribution in [2.24, 2.45) is 0 Å². The number of rotatable bonds is 6. The number of hydrogen-bond acceptors (Lipinski definition) is 3. The van der Waals surface area contributed by atoms with Crippen LogP contribution in [0, 0.1) is 0 Å². The van der Waals surface area contributed by atoms with Crippen molar-refractivity contribution in [1.82, 2.24) is 10.2 Å². The monoisotopic (exact) mass is 392 g/mol. The van der Waals surface area contributed by atoms with E-state index < -0.39 is 0 Å². The molecule has 2 aliphatic heterocycles. The Labute approximate surface area is 174 Å². The van der Waals surface area contributed by atoms with Gasteiger partial charge in [0.25, 0.3) is 5.91 Å². The van der Waals surface area contributed by atoms with E-state index in [0.717, 1.165) is 38.2 Å². The average molecular weight is 393 g/mol. The predicted octanol–water partition coefficient (Wildman–Crippen LogP) is 4.15. The highest BCUT2D eigenvalue weighted by atomic mass is 16.5. The van der Waals surface area contributed by atoms with Crippen molar-refractivity contribution in [3.63, 3.8) is 0 Å². The van der Waals surface area contributed by atoms with E-state index in [1.54, 1.807) is 0 Å². The summed E-state index contributed by atoms with van der Waals surface area (Å²) in [5.74, 6) is 0.0105. The third kappa shape index (κ3) is 5.06. The van der Waals surface area contributed by atoms with Crippen LogP contribution in [0.1, 0.15) is 53.6 Å². The Morgan fingerprint density at radius 1 is 0.931 bits per heavy atom. The number of carbonyl (C=O) groups is 1. The van der Waals surface area contributed by atoms with Gasteiger partial charge in [0.1, 0.15) is 0 Å². The van der Waals surface area contributed by atoms with Gasteiger partial charge in [-0.25, -0.2) is 0 Å². The lowest BCUT2D eigenvalue weighted by molar-refractivity contribution is 0.0487. The zero-order valence-corrected chi connectivity index (χ0v) is 17.2. The summed E-state index contributed by atoms with van der Waals surface area (Å²) in [4.78, 5) is 15.3. The molecule has 2 aliphatic rings. The Balaban J connectivity index is 1.38. The van der Waals surface area contributed by atoms with E-state index in [1.165, 1.54) is 43.5 Å². The second kappa shape index (κ2) is 9.55. The van der Waals surface area contributed by atoms with E-state index in [1.807, 2.05) is 18.2 Å². The van der Waals surface area contributed by atoms with Crippen molar-refractivity contribution in [3.8, 4) is 0 Å². The second-order valence-electron chi connectivity index (χ2n) is 8.48. The number of piperidine rings is 1. The second-order valence-corrected chi connectivity index (χ2v) is 8.48. The first-order valence-corrected chi connectivity index (χ1v) is 11.0. The SMILES string of the molecule is O=C(NCC1(c2ccccc2)CCOCC1)c1ccc(CN2CCCCC2)cc1. The number of carbonyl (C=O) groups excluding carboxylic acids is 1. The van der Waals surface area contributed by atoms with Crippen LogP contribution in [0.15, 0.2) is 54.6 Å². The smallest absolute Gasteiger partial charge is 0.251 e. The van der Waals surface area contributed by atoms with Gasteiger partial charge in [-0.15, -0.1) is 0 Å². The lowest BCUT2D eigenvalue weighted by Gasteiger charge is -2.38. The molecule has 2 saturated heterocycles. The largest absolute Gasteiger partial charge is 0.381 e. The predicted molar refractivity (Wildman–Crippen MR) is 116 cm³/mol. The molecule has 4 nitrogen and oxygen atoms in total. The molecule has 4 rings (SSSR count). The normalized spacial score (nSPS) is 19.6. The lowest BCUT2D eigenvalue weighted by atomic mass is 9.74. The molecule has 2 aromatic carbocycles. The Morgan fingerprint density at radius 2 is 1.62 bits per heavy atom. The lowest BCUT2D eigenvalue weighted by Crippen LogP contribution is -2.44. The van der Waals surface area contributed by atoms with Crippen LogP contribution >= 0.6 is 0 Å². The Morgan fingerprint density at radius 3 is 2.31 bits per heavy atom. The van der Waals surface area contributed by atoms with Crippen LogP contribution in [0.5, 0.6) is 0 Å². The fraction of sp³-hybridized carbons (Fsp3) is 0.480. The molecule has 0 unspecified atom stereocenters. The number of hydrogen-bond donors (Lipinski definition) is 1. The van der Waals surface area contributed by atoms with Crippen LogP contribution in [0.2, 0.25) is 0 Å². The topological polar surface area (TPSA) is 41.6 Å². The molecule has 0 saturated carbocycles. The quantitative estimate of drug-likeness (QED) is 0.803. The summed E-state index contributed by atoms with van der Waals surface area (Å²) in [6.07, 6.45) is 5.83. The zero-order valence-electron chi connectivity index (χ0n) is 17.2. The molecule has 1 N–H and O–H groups in total. The molecule has 2 heterocycles. The molecule has 0 bridgehead atoms. The van der Waals surface area contributed by atoms with Gasteiger partial charge in [-0.1, -0.05) is 48.9 Å². The number of nitrogens with one attached hydrogen (secondary N) is 1. The molecule has 4 heteroatoms. The van der Waals surface area contributed by atoms with Crippen molar-refractivity contribution in [3.05, 3.63) is 71.3 Å². The number of amides is 1. The van der Waals surface area contributed by atoms with Crippen molar-refractivity contribution in [1.29, 1.82) is 0 Å². The maximum Gasteiger partial charge on any atom is 0.251 e. The van der Waals surface area contributed by atoms with Gasteiger partial charge in [-0.05, 0) is 62.0 Å². The van der Waals surface area contributed by atoms with Gasteiger partial charge >= 0.3 is 0 Å². The summed E-state index contributed by atoms with van der Waals surface area (Å²) in [7, 11) is 0. The molecule has 1 amide bonds. The van der Waals surface area contributed by atoms with Crippen molar-refractivity contribution in [2.75, 3.05) is 32.8 Å². The molecule has 0 spiro atoms. The van der Waals surface area contributed by atoms with E-state index in [2.05, 4.69) is 46.6 Å². The first kappa shape index (κ1) is 20.1. The molecule has 154 valence electrons. The number of benzene rings is 2. The van der Waals surface area contributed by atoms with E-state index in [-0.39, 0.29) is 11.3 Å². The fourth-order valence-electron chi connectivity index (χ4n) is 4.61. The van der Waals surface area contributed by atoms with E-state index >= 15 is 0 Å². The van der Waals surface area contributed by atoms with E-state index in [0.29, 0.717) is 6.54 Å². The van der Waals surface area contributed by atoms with Crippen molar-refractivity contribution < 1.29 is 9.53 Å². The van der Waals surface area contributed by atoms with Gasteiger partial charge in [-0.2, -0.15) is 0 Å². The number of nitrogens with zero attached hydrogens (tertiary/aromatic N) is 1. The first-order chi connectivity index (χ1) is 14.3. The van der Waals surface area contributed by atoms with Crippen LogP contribution in [-0.4, -0.2) is 43.7 Å². The number of ether oxygens (including phenoxy) is 1. The Hall–Kier alpha value is -2.17. The first-order valence-electron chi connectivity index (χ1n) is 11.0. The molecular formula is C25H32N2O2. The summed E-state index contributed by atoms with van der Waals surface area (Å²) < 4.78 is 5.60. The average Bonchev–Trinajstić information content (AvgIpc) is 2.80. The highest BCUT2D eigenvalue weighted by molar-refractivity contribution is 5.94. The Bertz CT molecular complexity index is 776. The number of likely N-dealkylation sites (tertiary alicyclic amines) is 1. The van der Waals surface area contributed by atoms with Gasteiger partial charge in [0.15, 0.2) is 0 Å². The summed E-state index contributed by atoms with van der Waals surface area (Å²) in [5.41, 5.74) is 3.28. The fourth-order valence-corrected chi connectivity index (χ4v) is 4.61. The minimum atomic E-state index is -0.0383. The molecule has 2 aromatic rings. The van der Waals surface area contributed by atoms with Crippen LogP contribution in [0.25, 0.3) is 0 Å². The van der Waals surface area contributed by atoms with E-state index in [4.69, 9.17) is 4.74 Å². The van der Waals surface area contributed by atoms with Crippen molar-refractivity contribution >= 4 is 5.91 Å². The highest BCUT2D eigenvalue weighted by Crippen LogP contribution is 2.34. The minimum Gasteiger partial charge on any atom is -0.381 e. The molecule has 0 aliphatic carbocycles. The maximum atomic E-state index is 12.8. The summed E-state index contributed by atoms with van der Waals surface area (Å²) in [6.45, 7) is 5.50. The van der Waals surface area contributed by atoms with Gasteiger partial charge < -0.3 is 10.1 Å². The van der Waals surface area contributed by atoms with Gasteiger partial charge in [0, 0.05) is 37.3 Å². The van der Waals surface area contributed by atoms with Crippen molar-refractivity contribution in [2.45, 2.75) is 44.1 Å².